The second-order valence-electron chi connectivity index (χ2n) is 6.57. The second-order valence-corrected chi connectivity index (χ2v) is 6.57. The summed E-state index contributed by atoms with van der Waals surface area (Å²) in [5.74, 6) is 1.20. The maximum Gasteiger partial charge on any atom is 0.246 e. The minimum absolute atomic E-state index is 0.0275. The van der Waals surface area contributed by atoms with Gasteiger partial charge in [-0.2, -0.15) is 0 Å². The van der Waals surface area contributed by atoms with Crippen LogP contribution in [0.5, 0.6) is 0 Å². The molecule has 3 fully saturated rings. The van der Waals surface area contributed by atoms with E-state index in [9.17, 15) is 9.90 Å². The molecule has 0 aromatic rings. The average molecular weight is 262 g/mol. The Hall–Kier alpha value is -0.870. The van der Waals surface area contributed by atoms with Crippen LogP contribution in [-0.4, -0.2) is 58.6 Å². The molecule has 4 rings (SSSR count). The predicted octanol–water partition coefficient (Wildman–Crippen LogP) is 0.619. The fourth-order valence-corrected chi connectivity index (χ4v) is 5.00. The van der Waals surface area contributed by atoms with Crippen molar-refractivity contribution in [3.05, 3.63) is 12.2 Å². The molecule has 0 unspecified atom stereocenters. The Bertz CT molecular complexity index is 420. The highest BCUT2D eigenvalue weighted by atomic mass is 16.3. The van der Waals surface area contributed by atoms with Crippen LogP contribution in [0.2, 0.25) is 0 Å². The molecule has 4 nitrogen and oxygen atoms in total. The van der Waals surface area contributed by atoms with Crippen molar-refractivity contribution in [2.75, 3.05) is 19.6 Å². The Morgan fingerprint density at radius 2 is 1.95 bits per heavy atom. The van der Waals surface area contributed by atoms with Gasteiger partial charge < -0.3 is 10.0 Å². The number of fused-ring (bicyclic) bond motifs is 2. The van der Waals surface area contributed by atoms with Gasteiger partial charge in [-0.1, -0.05) is 0 Å². The van der Waals surface area contributed by atoms with Gasteiger partial charge in [0, 0.05) is 18.7 Å². The summed E-state index contributed by atoms with van der Waals surface area (Å²) in [6.45, 7) is 3.27. The van der Waals surface area contributed by atoms with Gasteiger partial charge in [0.25, 0.3) is 0 Å². The van der Waals surface area contributed by atoms with Gasteiger partial charge in [-0.15, -0.1) is 0 Å². The van der Waals surface area contributed by atoms with E-state index in [0.29, 0.717) is 17.9 Å². The van der Waals surface area contributed by atoms with Crippen molar-refractivity contribution in [3.8, 4) is 0 Å². The quantitative estimate of drug-likeness (QED) is 0.696. The highest BCUT2D eigenvalue weighted by Crippen LogP contribution is 2.43. The lowest BCUT2D eigenvalue weighted by Gasteiger charge is -2.58. The number of hydrogen-bond donors (Lipinski definition) is 1. The third-order valence-electron chi connectivity index (χ3n) is 5.65. The van der Waals surface area contributed by atoms with Crippen LogP contribution in [0.25, 0.3) is 0 Å². The van der Waals surface area contributed by atoms with Gasteiger partial charge in [0.15, 0.2) is 0 Å². The third-order valence-corrected chi connectivity index (χ3v) is 5.65. The number of nitrogens with zero attached hydrogens (tertiary/aromatic N) is 2. The van der Waals surface area contributed by atoms with E-state index in [4.69, 9.17) is 0 Å². The summed E-state index contributed by atoms with van der Waals surface area (Å²) in [6, 6.07) is 0.636. The van der Waals surface area contributed by atoms with Crippen LogP contribution in [-0.2, 0) is 4.79 Å². The molecule has 4 aliphatic heterocycles. The van der Waals surface area contributed by atoms with Gasteiger partial charge in [0.2, 0.25) is 5.91 Å². The Labute approximate surface area is 114 Å². The summed E-state index contributed by atoms with van der Waals surface area (Å²) in [6.07, 6.45) is 7.68. The van der Waals surface area contributed by atoms with Gasteiger partial charge in [-0.3, -0.25) is 9.69 Å². The van der Waals surface area contributed by atoms with Crippen LogP contribution in [0.1, 0.15) is 25.7 Å². The molecule has 104 valence electrons. The minimum Gasteiger partial charge on any atom is -0.387 e. The molecule has 19 heavy (non-hydrogen) atoms. The van der Waals surface area contributed by atoms with Crippen LogP contribution in [0.4, 0.5) is 0 Å². The second kappa shape index (κ2) is 4.32. The monoisotopic (exact) mass is 262 g/mol. The number of rotatable bonds is 0. The van der Waals surface area contributed by atoms with E-state index in [1.165, 1.54) is 32.4 Å². The molecule has 5 atom stereocenters. The Morgan fingerprint density at radius 3 is 2.79 bits per heavy atom. The highest BCUT2D eigenvalue weighted by Gasteiger charge is 2.51. The first-order valence-electron chi connectivity index (χ1n) is 7.66. The zero-order valence-corrected chi connectivity index (χ0v) is 11.2. The zero-order chi connectivity index (χ0) is 13.0. The summed E-state index contributed by atoms with van der Waals surface area (Å²) in [4.78, 5) is 16.7. The average Bonchev–Trinajstić information content (AvgIpc) is 2.43. The standard InChI is InChI=1S/C15H22N2O2/c18-12-5-6-13(19)17-9-10-3-1-7-16-8-2-4-11(14(10)16)15(12)17/h5-6,10-12,14-15,18H,1-4,7-9H2/t10-,11-,12+,14-,15-/m0/s1. The molecule has 3 saturated heterocycles. The van der Waals surface area contributed by atoms with E-state index in [0.717, 1.165) is 13.0 Å². The van der Waals surface area contributed by atoms with Gasteiger partial charge >= 0.3 is 0 Å². The topological polar surface area (TPSA) is 43.8 Å². The van der Waals surface area contributed by atoms with Gasteiger partial charge in [0.05, 0.1) is 12.1 Å². The lowest BCUT2D eigenvalue weighted by atomic mass is 9.68. The Kier molecular flexibility index (Phi) is 2.71. The van der Waals surface area contributed by atoms with E-state index >= 15 is 0 Å². The number of piperidine rings is 3. The molecule has 0 radical (unpaired) electrons. The molecule has 0 saturated carbocycles. The van der Waals surface area contributed by atoms with Crippen molar-refractivity contribution in [1.29, 1.82) is 0 Å². The number of amides is 1. The summed E-state index contributed by atoms with van der Waals surface area (Å²) in [5.41, 5.74) is 0. The number of aliphatic hydroxyl groups is 1. The predicted molar refractivity (Wildman–Crippen MR) is 71.5 cm³/mol. The van der Waals surface area contributed by atoms with Crippen molar-refractivity contribution in [2.45, 2.75) is 43.9 Å². The number of hydrogen-bond acceptors (Lipinski definition) is 3. The van der Waals surface area contributed by atoms with Crippen molar-refractivity contribution in [1.82, 2.24) is 9.80 Å². The van der Waals surface area contributed by atoms with E-state index in [1.54, 1.807) is 12.2 Å². The molecule has 0 aromatic heterocycles. The van der Waals surface area contributed by atoms with Crippen LogP contribution in [0.3, 0.4) is 0 Å². The SMILES string of the molecule is O=C1C=C[C@@H](O)[C@@H]2[C@H]3CCCN4CCC[C@@H](CN12)[C@@H]34. The summed E-state index contributed by atoms with van der Waals surface area (Å²) in [7, 11) is 0. The molecular formula is C15H22N2O2. The molecular weight excluding hydrogens is 240 g/mol. The molecule has 0 aromatic carbocycles. The van der Waals surface area contributed by atoms with Gasteiger partial charge in [-0.25, -0.2) is 0 Å². The molecule has 0 spiro atoms. The summed E-state index contributed by atoms with van der Waals surface area (Å²) < 4.78 is 0. The molecule has 0 bridgehead atoms. The van der Waals surface area contributed by atoms with Crippen LogP contribution >= 0.6 is 0 Å². The largest absolute Gasteiger partial charge is 0.387 e. The van der Waals surface area contributed by atoms with E-state index in [-0.39, 0.29) is 11.9 Å². The zero-order valence-electron chi connectivity index (χ0n) is 11.2. The Balaban J connectivity index is 1.71. The molecule has 4 heterocycles. The molecule has 4 heteroatoms. The van der Waals surface area contributed by atoms with Crippen molar-refractivity contribution < 1.29 is 9.90 Å². The molecule has 1 amide bonds. The number of carbonyl (C=O) groups excluding carboxylic acids is 1. The highest BCUT2D eigenvalue weighted by molar-refractivity contribution is 5.89. The smallest absolute Gasteiger partial charge is 0.246 e. The van der Waals surface area contributed by atoms with Gasteiger partial charge in [-0.05, 0) is 56.7 Å². The maximum absolute atomic E-state index is 12.1. The van der Waals surface area contributed by atoms with Gasteiger partial charge in [0.1, 0.15) is 0 Å². The van der Waals surface area contributed by atoms with Crippen LogP contribution < -0.4 is 0 Å². The first kappa shape index (κ1) is 11.9. The summed E-state index contributed by atoms with van der Waals surface area (Å²) in [5, 5.41) is 10.3. The molecule has 4 aliphatic rings. The van der Waals surface area contributed by atoms with Crippen LogP contribution in [0, 0.1) is 11.8 Å². The lowest BCUT2D eigenvalue weighted by Crippen LogP contribution is -2.68. The normalized spacial score (nSPS) is 45.8. The molecule has 0 aliphatic carbocycles. The number of aliphatic hydroxyl groups excluding tert-OH is 1. The van der Waals surface area contributed by atoms with Crippen LogP contribution in [0.15, 0.2) is 12.2 Å². The summed E-state index contributed by atoms with van der Waals surface area (Å²) >= 11 is 0. The fourth-order valence-electron chi connectivity index (χ4n) is 5.00. The van der Waals surface area contributed by atoms with Crippen molar-refractivity contribution >= 4 is 5.91 Å². The maximum atomic E-state index is 12.1. The van der Waals surface area contributed by atoms with E-state index < -0.39 is 6.10 Å². The Morgan fingerprint density at radius 1 is 1.16 bits per heavy atom. The van der Waals surface area contributed by atoms with Crippen molar-refractivity contribution in [3.63, 3.8) is 0 Å². The first-order chi connectivity index (χ1) is 9.25. The third kappa shape index (κ3) is 1.69. The first-order valence-corrected chi connectivity index (χ1v) is 7.66. The van der Waals surface area contributed by atoms with E-state index in [2.05, 4.69) is 4.90 Å². The molecule has 1 N–H and O–H groups in total. The van der Waals surface area contributed by atoms with E-state index in [1.807, 2.05) is 4.90 Å². The minimum atomic E-state index is -0.467. The fraction of sp³-hybridized carbons (Fsp3) is 0.800. The number of carbonyl (C=O) groups is 1. The van der Waals surface area contributed by atoms with Crippen molar-refractivity contribution in [2.24, 2.45) is 11.8 Å². The lowest BCUT2D eigenvalue weighted by molar-refractivity contribution is -0.149.